The maximum atomic E-state index is 13.2. The number of halogens is 1. The van der Waals surface area contributed by atoms with Crippen LogP contribution < -0.4 is 4.74 Å². The van der Waals surface area contributed by atoms with Gasteiger partial charge in [-0.2, -0.15) is 0 Å². The molecular weight excluding hydrogens is 422 g/mol. The number of fused-ring (bicyclic) bond motifs is 2. The Bertz CT molecular complexity index is 1250. The predicted octanol–water partition coefficient (Wildman–Crippen LogP) is 5.81. The molecule has 4 aromatic rings. The van der Waals surface area contributed by atoms with E-state index in [9.17, 15) is 4.79 Å². The fourth-order valence-corrected chi connectivity index (χ4v) is 4.06. The Morgan fingerprint density at radius 1 is 1.03 bits per heavy atom. The molecule has 5 rings (SSSR count). The molecule has 1 aliphatic rings. The monoisotopic (exact) mass is 447 g/mol. The van der Waals surface area contributed by atoms with Gasteiger partial charge in [-0.3, -0.25) is 4.79 Å². The van der Waals surface area contributed by atoms with Gasteiger partial charge in [0.25, 0.3) is 5.91 Å². The SMILES string of the molecule is CC(C)c1ccc(C(=O)N2CCOc3ccc(-c4ccc5nc[nH]c5c4)cc3C2)cc1.Cl. The van der Waals surface area contributed by atoms with E-state index in [0.29, 0.717) is 31.2 Å². The Labute approximate surface area is 193 Å². The van der Waals surface area contributed by atoms with Crippen molar-refractivity contribution in [3.63, 3.8) is 0 Å². The highest BCUT2D eigenvalue weighted by atomic mass is 35.5. The minimum atomic E-state index is 0. The third-order valence-corrected chi connectivity index (χ3v) is 5.91. The summed E-state index contributed by atoms with van der Waals surface area (Å²) in [5.74, 6) is 1.33. The lowest BCUT2D eigenvalue weighted by molar-refractivity contribution is 0.0733. The maximum absolute atomic E-state index is 13.2. The first-order valence-corrected chi connectivity index (χ1v) is 10.7. The Kier molecular flexibility index (Phi) is 6.19. The number of rotatable bonds is 3. The van der Waals surface area contributed by atoms with Crippen molar-refractivity contribution >= 4 is 29.3 Å². The molecule has 0 fully saturated rings. The van der Waals surface area contributed by atoms with Gasteiger partial charge in [0.15, 0.2) is 0 Å². The number of nitrogens with one attached hydrogen (secondary N) is 1. The lowest BCUT2D eigenvalue weighted by Crippen LogP contribution is -2.32. The first-order valence-electron chi connectivity index (χ1n) is 10.7. The summed E-state index contributed by atoms with van der Waals surface area (Å²) in [5, 5.41) is 0. The number of benzene rings is 3. The van der Waals surface area contributed by atoms with E-state index in [1.807, 2.05) is 41.3 Å². The van der Waals surface area contributed by atoms with Gasteiger partial charge in [0, 0.05) is 17.7 Å². The van der Waals surface area contributed by atoms with E-state index < -0.39 is 0 Å². The number of H-pyrrole nitrogens is 1. The summed E-state index contributed by atoms with van der Waals surface area (Å²) < 4.78 is 5.95. The van der Waals surface area contributed by atoms with Crippen molar-refractivity contribution in [2.24, 2.45) is 0 Å². The first kappa shape index (κ1) is 21.9. The zero-order valence-electron chi connectivity index (χ0n) is 18.2. The molecule has 1 aliphatic heterocycles. The molecule has 1 N–H and O–H groups in total. The normalized spacial score (nSPS) is 13.3. The fraction of sp³-hybridized carbons (Fsp3) is 0.231. The smallest absolute Gasteiger partial charge is 0.254 e. The van der Waals surface area contributed by atoms with Crippen molar-refractivity contribution in [2.45, 2.75) is 26.3 Å². The van der Waals surface area contributed by atoms with Crippen LogP contribution >= 0.6 is 12.4 Å². The van der Waals surface area contributed by atoms with Crippen LogP contribution in [0.4, 0.5) is 0 Å². The number of aromatic amines is 1. The fourth-order valence-electron chi connectivity index (χ4n) is 4.06. The minimum Gasteiger partial charge on any atom is -0.491 e. The summed E-state index contributed by atoms with van der Waals surface area (Å²) >= 11 is 0. The number of hydrogen-bond donors (Lipinski definition) is 1. The molecule has 2 heterocycles. The van der Waals surface area contributed by atoms with Gasteiger partial charge in [-0.1, -0.05) is 38.1 Å². The van der Waals surface area contributed by atoms with Crippen LogP contribution in [-0.2, 0) is 6.54 Å². The van der Waals surface area contributed by atoms with Gasteiger partial charge < -0.3 is 14.6 Å². The molecule has 3 aromatic carbocycles. The molecule has 0 saturated carbocycles. The number of hydrogen-bond acceptors (Lipinski definition) is 3. The predicted molar refractivity (Wildman–Crippen MR) is 130 cm³/mol. The molecule has 5 nitrogen and oxygen atoms in total. The van der Waals surface area contributed by atoms with Gasteiger partial charge >= 0.3 is 0 Å². The standard InChI is InChI=1S/C26H25N3O2.ClH/c1-17(2)18-3-5-19(6-4-18)26(30)29-11-12-31-25-10-8-20(13-22(25)15-29)21-7-9-23-24(14-21)28-16-27-23;/h3-10,13-14,16-17H,11-12,15H2,1-2H3,(H,27,28);1H. The van der Waals surface area contributed by atoms with E-state index in [0.717, 1.165) is 33.5 Å². The topological polar surface area (TPSA) is 58.2 Å². The third kappa shape index (κ3) is 4.21. The quantitative estimate of drug-likeness (QED) is 0.431. The van der Waals surface area contributed by atoms with Crippen molar-refractivity contribution in [3.05, 3.63) is 83.7 Å². The highest BCUT2D eigenvalue weighted by Crippen LogP contribution is 2.31. The van der Waals surface area contributed by atoms with Crippen LogP contribution in [0.1, 0.15) is 41.3 Å². The highest BCUT2D eigenvalue weighted by molar-refractivity contribution is 5.94. The molecule has 32 heavy (non-hydrogen) atoms. The van der Waals surface area contributed by atoms with Gasteiger partial charge in [-0.15, -0.1) is 12.4 Å². The average Bonchev–Trinajstić information content (AvgIpc) is 3.16. The second kappa shape index (κ2) is 9.05. The second-order valence-electron chi connectivity index (χ2n) is 8.31. The van der Waals surface area contributed by atoms with Crippen LogP contribution in [0, 0.1) is 0 Å². The highest BCUT2D eigenvalue weighted by Gasteiger charge is 2.21. The molecule has 0 spiro atoms. The molecule has 0 radical (unpaired) electrons. The van der Waals surface area contributed by atoms with Crippen LogP contribution in [0.15, 0.2) is 67.0 Å². The van der Waals surface area contributed by atoms with Gasteiger partial charge in [-0.05, 0) is 59.0 Å². The number of aromatic nitrogens is 2. The van der Waals surface area contributed by atoms with E-state index in [-0.39, 0.29) is 18.3 Å². The zero-order valence-corrected chi connectivity index (χ0v) is 19.0. The average molecular weight is 448 g/mol. The molecule has 0 bridgehead atoms. The summed E-state index contributed by atoms with van der Waals surface area (Å²) in [6, 6.07) is 20.3. The van der Waals surface area contributed by atoms with Gasteiger partial charge in [-0.25, -0.2) is 4.98 Å². The summed E-state index contributed by atoms with van der Waals surface area (Å²) in [6.45, 7) is 5.89. The Hall–Kier alpha value is -3.31. The van der Waals surface area contributed by atoms with Crippen molar-refractivity contribution in [3.8, 4) is 16.9 Å². The Balaban J connectivity index is 0.00000245. The lowest BCUT2D eigenvalue weighted by atomic mass is 10.0. The first-order chi connectivity index (χ1) is 15.1. The molecule has 164 valence electrons. The van der Waals surface area contributed by atoms with Crippen LogP contribution in [0.25, 0.3) is 22.2 Å². The van der Waals surface area contributed by atoms with Gasteiger partial charge in [0.2, 0.25) is 0 Å². The van der Waals surface area contributed by atoms with Crippen molar-refractivity contribution < 1.29 is 9.53 Å². The lowest BCUT2D eigenvalue weighted by Gasteiger charge is -2.20. The molecular formula is C26H26ClN3O2. The number of amides is 1. The molecule has 0 saturated heterocycles. The largest absolute Gasteiger partial charge is 0.491 e. The minimum absolute atomic E-state index is 0. The second-order valence-corrected chi connectivity index (χ2v) is 8.31. The van der Waals surface area contributed by atoms with E-state index >= 15 is 0 Å². The van der Waals surface area contributed by atoms with Crippen molar-refractivity contribution in [1.29, 1.82) is 0 Å². The zero-order chi connectivity index (χ0) is 21.4. The van der Waals surface area contributed by atoms with Crippen molar-refractivity contribution in [1.82, 2.24) is 14.9 Å². The van der Waals surface area contributed by atoms with Crippen molar-refractivity contribution in [2.75, 3.05) is 13.2 Å². The number of imidazole rings is 1. The summed E-state index contributed by atoms with van der Waals surface area (Å²) in [4.78, 5) is 22.5. The molecule has 6 heteroatoms. The molecule has 1 amide bonds. The number of ether oxygens (including phenoxy) is 1. The number of carbonyl (C=O) groups is 1. The number of carbonyl (C=O) groups excluding carboxylic acids is 1. The number of nitrogens with zero attached hydrogens (tertiary/aromatic N) is 2. The molecule has 0 atom stereocenters. The Morgan fingerprint density at radius 3 is 2.56 bits per heavy atom. The van der Waals surface area contributed by atoms with E-state index in [1.165, 1.54) is 5.56 Å². The molecule has 0 aliphatic carbocycles. The van der Waals surface area contributed by atoms with E-state index in [1.54, 1.807) is 6.33 Å². The molecule has 1 aromatic heterocycles. The Morgan fingerprint density at radius 2 is 1.78 bits per heavy atom. The van der Waals surface area contributed by atoms with E-state index in [2.05, 4.69) is 48.1 Å². The molecule has 0 unspecified atom stereocenters. The van der Waals surface area contributed by atoms with Crippen LogP contribution in [-0.4, -0.2) is 33.9 Å². The van der Waals surface area contributed by atoms with Gasteiger partial charge in [0.1, 0.15) is 12.4 Å². The summed E-state index contributed by atoms with van der Waals surface area (Å²) in [6.07, 6.45) is 1.70. The third-order valence-electron chi connectivity index (χ3n) is 5.91. The summed E-state index contributed by atoms with van der Waals surface area (Å²) in [7, 11) is 0. The van der Waals surface area contributed by atoms with Crippen LogP contribution in [0.3, 0.4) is 0 Å². The van der Waals surface area contributed by atoms with E-state index in [4.69, 9.17) is 4.74 Å². The van der Waals surface area contributed by atoms with Crippen LogP contribution in [0.2, 0.25) is 0 Å². The maximum Gasteiger partial charge on any atom is 0.254 e. The van der Waals surface area contributed by atoms with Gasteiger partial charge in [0.05, 0.1) is 23.9 Å². The summed E-state index contributed by atoms with van der Waals surface area (Å²) in [5.41, 5.74) is 7.12. The van der Waals surface area contributed by atoms with Crippen LogP contribution in [0.5, 0.6) is 5.75 Å².